The van der Waals surface area contributed by atoms with Crippen molar-refractivity contribution in [1.29, 1.82) is 0 Å². The molecule has 1 amide bonds. The number of fused-ring (bicyclic) bond motifs is 1. The molecule has 30 heavy (non-hydrogen) atoms. The van der Waals surface area contributed by atoms with E-state index in [1.165, 1.54) is 12.1 Å². The summed E-state index contributed by atoms with van der Waals surface area (Å²) in [6.07, 6.45) is 1.64. The van der Waals surface area contributed by atoms with Gasteiger partial charge in [-0.15, -0.1) is 0 Å². The van der Waals surface area contributed by atoms with Crippen molar-refractivity contribution < 1.29 is 18.7 Å². The van der Waals surface area contributed by atoms with Gasteiger partial charge in [-0.3, -0.25) is 9.59 Å². The third-order valence-electron chi connectivity index (χ3n) is 4.66. The minimum atomic E-state index is -0.503. The Morgan fingerprint density at radius 1 is 0.900 bits per heavy atom. The third-order valence-corrected chi connectivity index (χ3v) is 4.66. The molecular weight excluding hydrogens is 383 g/mol. The van der Waals surface area contributed by atoms with E-state index in [2.05, 4.69) is 5.32 Å². The smallest absolute Gasteiger partial charge is 0.244 e. The number of hydrogen-bond donors (Lipinski definition) is 1. The van der Waals surface area contributed by atoms with E-state index in [9.17, 15) is 14.0 Å². The number of benzene rings is 3. The number of anilines is 1. The highest BCUT2D eigenvalue weighted by molar-refractivity contribution is 6.09. The van der Waals surface area contributed by atoms with Gasteiger partial charge in [-0.1, -0.05) is 48.5 Å². The molecule has 150 valence electrons. The highest BCUT2D eigenvalue weighted by atomic mass is 19.1. The molecule has 5 nitrogen and oxygen atoms in total. The van der Waals surface area contributed by atoms with Crippen LogP contribution in [0, 0.1) is 5.82 Å². The Kier molecular flexibility index (Phi) is 5.57. The first kappa shape index (κ1) is 19.4. The number of amides is 1. The van der Waals surface area contributed by atoms with E-state index in [0.29, 0.717) is 11.3 Å². The molecule has 0 radical (unpaired) electrons. The van der Waals surface area contributed by atoms with Crippen molar-refractivity contribution >= 4 is 28.3 Å². The van der Waals surface area contributed by atoms with Gasteiger partial charge in [0.15, 0.2) is 6.61 Å². The number of ether oxygens (including phenoxy) is 1. The summed E-state index contributed by atoms with van der Waals surface area (Å²) in [5.74, 6) is -0.473. The number of aromatic nitrogens is 1. The Bertz CT molecular complexity index is 1200. The van der Waals surface area contributed by atoms with Crippen molar-refractivity contribution in [1.82, 2.24) is 4.57 Å². The zero-order chi connectivity index (χ0) is 20.9. The van der Waals surface area contributed by atoms with Gasteiger partial charge in [0, 0.05) is 22.7 Å². The molecule has 1 aromatic heterocycles. The van der Waals surface area contributed by atoms with Crippen LogP contribution in [0.5, 0.6) is 5.75 Å². The molecule has 0 aliphatic rings. The summed E-state index contributed by atoms with van der Waals surface area (Å²) in [5, 5.41) is 3.30. The number of rotatable bonds is 7. The molecule has 0 saturated carbocycles. The first-order chi connectivity index (χ1) is 14.6. The first-order valence-electron chi connectivity index (χ1n) is 9.45. The molecule has 0 spiro atoms. The van der Waals surface area contributed by atoms with Crippen molar-refractivity contribution in [3.8, 4) is 5.75 Å². The average Bonchev–Trinajstić information content (AvgIpc) is 3.13. The molecule has 0 bridgehead atoms. The maximum absolute atomic E-state index is 13.8. The van der Waals surface area contributed by atoms with Gasteiger partial charge in [0.1, 0.15) is 18.1 Å². The summed E-state index contributed by atoms with van der Waals surface area (Å²) in [7, 11) is 0. The molecule has 0 saturated heterocycles. The number of halogens is 1. The standard InChI is InChI=1S/C24H19FN2O3/c25-20-11-5-6-12-21(20)26-24(29)15-27-14-19(18-10-4-7-13-22(18)27)23(28)16-30-17-8-2-1-3-9-17/h1-14H,15-16H2,(H,26,29). The first-order valence-corrected chi connectivity index (χ1v) is 9.45. The average molecular weight is 402 g/mol. The quantitative estimate of drug-likeness (QED) is 0.457. The van der Waals surface area contributed by atoms with E-state index in [1.54, 1.807) is 35.0 Å². The zero-order valence-electron chi connectivity index (χ0n) is 16.0. The molecule has 1 N–H and O–H groups in total. The maximum atomic E-state index is 13.8. The fourth-order valence-corrected chi connectivity index (χ4v) is 3.25. The van der Waals surface area contributed by atoms with Gasteiger partial charge < -0.3 is 14.6 Å². The summed E-state index contributed by atoms with van der Waals surface area (Å²) in [5.41, 5.74) is 1.33. The zero-order valence-corrected chi connectivity index (χ0v) is 16.0. The number of carbonyl (C=O) groups is 2. The van der Waals surface area contributed by atoms with Crippen LogP contribution in [-0.4, -0.2) is 22.9 Å². The van der Waals surface area contributed by atoms with Gasteiger partial charge in [0.25, 0.3) is 0 Å². The Labute approximate surface area is 172 Å². The van der Waals surface area contributed by atoms with Gasteiger partial charge in [-0.25, -0.2) is 4.39 Å². The molecular formula is C24H19FN2O3. The van der Waals surface area contributed by atoms with Crippen LogP contribution in [0.1, 0.15) is 10.4 Å². The van der Waals surface area contributed by atoms with Gasteiger partial charge in [-0.05, 0) is 30.3 Å². The Balaban J connectivity index is 1.54. The monoisotopic (exact) mass is 402 g/mol. The number of ketones is 1. The normalized spacial score (nSPS) is 10.7. The molecule has 4 rings (SSSR count). The lowest BCUT2D eigenvalue weighted by molar-refractivity contribution is -0.116. The molecule has 6 heteroatoms. The lowest BCUT2D eigenvalue weighted by Crippen LogP contribution is -2.19. The SMILES string of the molecule is O=C(Cn1cc(C(=O)COc2ccccc2)c2ccccc21)Nc1ccccc1F. The summed E-state index contributed by atoms with van der Waals surface area (Å²) < 4.78 is 21.1. The number of nitrogens with zero attached hydrogens (tertiary/aromatic N) is 1. The van der Waals surface area contributed by atoms with E-state index in [4.69, 9.17) is 4.74 Å². The second-order valence-electron chi connectivity index (χ2n) is 6.74. The number of Topliss-reactive ketones (excluding diaryl/α,β-unsaturated/α-hetero) is 1. The lowest BCUT2D eigenvalue weighted by Gasteiger charge is -2.08. The summed E-state index contributed by atoms with van der Waals surface area (Å²) >= 11 is 0. The van der Waals surface area contributed by atoms with Crippen molar-refractivity contribution in [2.45, 2.75) is 6.54 Å². The molecule has 1 heterocycles. The molecule has 4 aromatic rings. The predicted molar refractivity (Wildman–Crippen MR) is 113 cm³/mol. The van der Waals surface area contributed by atoms with Crippen LogP contribution in [0.4, 0.5) is 10.1 Å². The fraction of sp³-hybridized carbons (Fsp3) is 0.0833. The van der Waals surface area contributed by atoms with Gasteiger partial charge >= 0.3 is 0 Å². The predicted octanol–water partition coefficient (Wildman–Crippen LogP) is 4.68. The number of nitrogens with one attached hydrogen (secondary N) is 1. The minimum absolute atomic E-state index is 0.0539. The van der Waals surface area contributed by atoms with Crippen LogP contribution in [0.25, 0.3) is 10.9 Å². The maximum Gasteiger partial charge on any atom is 0.244 e. The molecule has 3 aromatic carbocycles. The van der Waals surface area contributed by atoms with E-state index in [1.807, 2.05) is 42.5 Å². The summed E-state index contributed by atoms with van der Waals surface area (Å²) in [4.78, 5) is 25.2. The largest absolute Gasteiger partial charge is 0.485 e. The Morgan fingerprint density at radius 3 is 2.40 bits per heavy atom. The summed E-state index contributed by atoms with van der Waals surface area (Å²) in [6.45, 7) is -0.166. The fourth-order valence-electron chi connectivity index (χ4n) is 3.25. The van der Waals surface area contributed by atoms with Crippen LogP contribution in [-0.2, 0) is 11.3 Å². The highest BCUT2D eigenvalue weighted by Crippen LogP contribution is 2.23. The number of carbonyl (C=O) groups excluding carboxylic acids is 2. The molecule has 0 aliphatic carbocycles. The molecule has 0 fully saturated rings. The topological polar surface area (TPSA) is 60.3 Å². The van der Waals surface area contributed by atoms with E-state index >= 15 is 0 Å². The van der Waals surface area contributed by atoms with Crippen LogP contribution < -0.4 is 10.1 Å². The minimum Gasteiger partial charge on any atom is -0.485 e. The highest BCUT2D eigenvalue weighted by Gasteiger charge is 2.17. The third kappa shape index (κ3) is 4.22. The molecule has 0 atom stereocenters. The lowest BCUT2D eigenvalue weighted by atomic mass is 10.1. The second-order valence-corrected chi connectivity index (χ2v) is 6.74. The molecule has 0 aliphatic heterocycles. The second kappa shape index (κ2) is 8.61. The van der Waals surface area contributed by atoms with Gasteiger partial charge in [-0.2, -0.15) is 0 Å². The number of para-hydroxylation sites is 3. The van der Waals surface area contributed by atoms with Crippen LogP contribution in [0.3, 0.4) is 0 Å². The van der Waals surface area contributed by atoms with Crippen LogP contribution in [0.2, 0.25) is 0 Å². The molecule has 0 unspecified atom stereocenters. The van der Waals surface area contributed by atoms with E-state index in [-0.39, 0.29) is 30.5 Å². The van der Waals surface area contributed by atoms with Crippen molar-refractivity contribution in [3.63, 3.8) is 0 Å². The summed E-state index contributed by atoms with van der Waals surface area (Å²) in [6, 6.07) is 22.4. The Morgan fingerprint density at radius 2 is 1.60 bits per heavy atom. The van der Waals surface area contributed by atoms with Crippen molar-refractivity contribution in [2.24, 2.45) is 0 Å². The number of hydrogen-bond acceptors (Lipinski definition) is 3. The van der Waals surface area contributed by atoms with Crippen LogP contribution in [0.15, 0.2) is 85.1 Å². The van der Waals surface area contributed by atoms with Gasteiger partial charge in [0.05, 0.1) is 5.69 Å². The van der Waals surface area contributed by atoms with Crippen molar-refractivity contribution in [3.05, 3.63) is 96.4 Å². The van der Waals surface area contributed by atoms with Crippen molar-refractivity contribution in [2.75, 3.05) is 11.9 Å². The van der Waals surface area contributed by atoms with E-state index < -0.39 is 5.82 Å². The van der Waals surface area contributed by atoms with E-state index in [0.717, 1.165) is 10.9 Å². The van der Waals surface area contributed by atoms with Gasteiger partial charge in [0.2, 0.25) is 11.7 Å². The Hall–Kier alpha value is -3.93. The van der Waals surface area contributed by atoms with Crippen LogP contribution >= 0.6 is 0 Å².